The summed E-state index contributed by atoms with van der Waals surface area (Å²) in [5.74, 6) is 0.196. The highest BCUT2D eigenvalue weighted by atomic mass is 16.5. The summed E-state index contributed by atoms with van der Waals surface area (Å²) in [5.41, 5.74) is 3.45. The number of nitrogens with one attached hydrogen (secondary N) is 3. The van der Waals surface area contributed by atoms with Gasteiger partial charge in [0, 0.05) is 36.7 Å². The summed E-state index contributed by atoms with van der Waals surface area (Å²) >= 11 is 0. The highest BCUT2D eigenvalue weighted by molar-refractivity contribution is 6.08. The lowest BCUT2D eigenvalue weighted by Crippen LogP contribution is -2.48. The molecule has 0 aliphatic heterocycles. The third-order valence-corrected chi connectivity index (χ3v) is 5.61. The normalized spacial score (nSPS) is 11.9. The van der Waals surface area contributed by atoms with Gasteiger partial charge < -0.3 is 19.9 Å². The van der Waals surface area contributed by atoms with E-state index in [9.17, 15) is 9.59 Å². The van der Waals surface area contributed by atoms with Gasteiger partial charge in [-0.15, -0.1) is 0 Å². The molecule has 176 valence electrons. The van der Waals surface area contributed by atoms with Crippen LogP contribution < -0.4 is 20.7 Å². The summed E-state index contributed by atoms with van der Waals surface area (Å²) in [4.78, 5) is 25.7. The Morgan fingerprint density at radius 1 is 1.00 bits per heavy atom. The lowest BCUT2D eigenvalue weighted by Gasteiger charge is -2.20. The van der Waals surface area contributed by atoms with E-state index in [-0.39, 0.29) is 11.8 Å². The number of hydrogen-bond acceptors (Lipinski definition) is 4. The minimum atomic E-state index is -0.797. The van der Waals surface area contributed by atoms with E-state index in [1.54, 1.807) is 0 Å². The fourth-order valence-electron chi connectivity index (χ4n) is 3.72. The van der Waals surface area contributed by atoms with Crippen LogP contribution in [0, 0.1) is 6.92 Å². The first-order valence-electron chi connectivity index (χ1n) is 11.5. The Labute approximate surface area is 195 Å². The maximum atomic E-state index is 13.1. The molecule has 0 saturated heterocycles. The van der Waals surface area contributed by atoms with Crippen LogP contribution in [0.15, 0.2) is 48.5 Å². The Bertz CT molecular complexity index is 1090. The van der Waals surface area contributed by atoms with Gasteiger partial charge in [0.15, 0.2) is 0 Å². The highest BCUT2D eigenvalue weighted by Gasteiger charge is 2.22. The molecule has 3 N–H and O–H groups in total. The second-order valence-corrected chi connectivity index (χ2v) is 8.11. The fraction of sp³-hybridized carbons (Fsp3) is 0.385. The Kier molecular flexibility index (Phi) is 8.49. The van der Waals surface area contributed by atoms with Gasteiger partial charge in [-0.1, -0.05) is 44.2 Å². The van der Waals surface area contributed by atoms with Crippen molar-refractivity contribution in [2.45, 2.75) is 46.4 Å². The number of fused-ring (bicyclic) bond motifs is 1. The van der Waals surface area contributed by atoms with Crippen molar-refractivity contribution >= 4 is 22.7 Å². The standard InChI is InChI=1S/C26H34N4O3/c1-5-14-27-25(32)26(28-15-6-2)33-20-12-13-22-21(16-20)23(18(3)30(22)4)24(31)29-17-19-10-8-7-9-11-19/h7-13,16,26,28H,5-6,14-15,17H2,1-4H3,(H,27,32)(H,29,31). The first-order valence-corrected chi connectivity index (χ1v) is 11.5. The van der Waals surface area contributed by atoms with Crippen molar-refractivity contribution in [1.82, 2.24) is 20.5 Å². The van der Waals surface area contributed by atoms with E-state index in [1.165, 1.54) is 0 Å². The molecule has 1 heterocycles. The molecule has 0 spiro atoms. The first kappa shape index (κ1) is 24.3. The Morgan fingerprint density at radius 2 is 1.73 bits per heavy atom. The van der Waals surface area contributed by atoms with Crippen LogP contribution in [0.2, 0.25) is 0 Å². The predicted octanol–water partition coefficient (Wildman–Crippen LogP) is 3.65. The summed E-state index contributed by atoms with van der Waals surface area (Å²) in [6.45, 7) is 7.67. The van der Waals surface area contributed by atoms with Gasteiger partial charge >= 0.3 is 0 Å². The van der Waals surface area contributed by atoms with E-state index in [1.807, 2.05) is 80.9 Å². The second-order valence-electron chi connectivity index (χ2n) is 8.11. The number of amides is 2. The number of aromatic nitrogens is 1. The first-order chi connectivity index (χ1) is 16.0. The van der Waals surface area contributed by atoms with E-state index in [2.05, 4.69) is 16.0 Å². The topological polar surface area (TPSA) is 84.4 Å². The van der Waals surface area contributed by atoms with Gasteiger partial charge in [-0.2, -0.15) is 0 Å². The summed E-state index contributed by atoms with van der Waals surface area (Å²) in [5, 5.41) is 9.84. The summed E-state index contributed by atoms with van der Waals surface area (Å²) in [7, 11) is 1.94. The number of hydrogen-bond donors (Lipinski definition) is 3. The van der Waals surface area contributed by atoms with Crippen LogP contribution in [-0.2, 0) is 18.4 Å². The molecule has 1 atom stereocenters. The minimum absolute atomic E-state index is 0.138. The maximum Gasteiger partial charge on any atom is 0.276 e. The number of carbonyl (C=O) groups excluding carboxylic acids is 2. The Morgan fingerprint density at radius 3 is 2.42 bits per heavy atom. The summed E-state index contributed by atoms with van der Waals surface area (Å²) in [6, 6.07) is 15.4. The largest absolute Gasteiger partial charge is 0.466 e. The Hall–Kier alpha value is -3.32. The van der Waals surface area contributed by atoms with E-state index in [0.717, 1.165) is 35.0 Å². The molecular weight excluding hydrogens is 416 g/mol. The van der Waals surface area contributed by atoms with Gasteiger partial charge in [-0.05, 0) is 50.1 Å². The molecule has 2 aromatic carbocycles. The molecule has 1 unspecified atom stereocenters. The molecule has 0 saturated carbocycles. The molecule has 0 fully saturated rings. The zero-order valence-electron chi connectivity index (χ0n) is 19.9. The molecule has 0 bridgehead atoms. The van der Waals surface area contributed by atoms with Crippen molar-refractivity contribution in [2.24, 2.45) is 7.05 Å². The van der Waals surface area contributed by atoms with Crippen molar-refractivity contribution in [3.8, 4) is 5.75 Å². The predicted molar refractivity (Wildman–Crippen MR) is 131 cm³/mol. The van der Waals surface area contributed by atoms with Crippen LogP contribution >= 0.6 is 0 Å². The van der Waals surface area contributed by atoms with Gasteiger partial charge in [-0.3, -0.25) is 14.9 Å². The van der Waals surface area contributed by atoms with Crippen molar-refractivity contribution in [1.29, 1.82) is 0 Å². The van der Waals surface area contributed by atoms with Gasteiger partial charge in [0.25, 0.3) is 11.8 Å². The molecule has 2 amide bonds. The number of nitrogens with zero attached hydrogens (tertiary/aromatic N) is 1. The lowest BCUT2D eigenvalue weighted by molar-refractivity contribution is -0.129. The summed E-state index contributed by atoms with van der Waals surface area (Å²) < 4.78 is 8.03. The van der Waals surface area contributed by atoms with Crippen molar-refractivity contribution in [3.63, 3.8) is 0 Å². The van der Waals surface area contributed by atoms with Crippen LogP contribution in [0.5, 0.6) is 5.75 Å². The molecular formula is C26H34N4O3. The fourth-order valence-corrected chi connectivity index (χ4v) is 3.72. The average Bonchev–Trinajstić information content (AvgIpc) is 3.08. The Balaban J connectivity index is 1.86. The van der Waals surface area contributed by atoms with Gasteiger partial charge in [-0.25, -0.2) is 0 Å². The highest BCUT2D eigenvalue weighted by Crippen LogP contribution is 2.29. The third-order valence-electron chi connectivity index (χ3n) is 5.61. The van der Waals surface area contributed by atoms with Gasteiger partial charge in [0.05, 0.1) is 5.56 Å². The van der Waals surface area contributed by atoms with Crippen LogP contribution in [0.3, 0.4) is 0 Å². The van der Waals surface area contributed by atoms with Crippen LogP contribution in [0.4, 0.5) is 0 Å². The van der Waals surface area contributed by atoms with Crippen LogP contribution in [0.1, 0.15) is 48.3 Å². The van der Waals surface area contributed by atoms with Crippen LogP contribution in [-0.4, -0.2) is 35.7 Å². The van der Waals surface area contributed by atoms with E-state index in [4.69, 9.17) is 4.74 Å². The number of carbonyl (C=O) groups is 2. The number of aryl methyl sites for hydroxylation is 1. The quantitative estimate of drug-likeness (QED) is 0.390. The van der Waals surface area contributed by atoms with Crippen molar-refractivity contribution < 1.29 is 14.3 Å². The maximum absolute atomic E-state index is 13.1. The number of ether oxygens (including phenoxy) is 1. The summed E-state index contributed by atoms with van der Waals surface area (Å²) in [6.07, 6.45) is 0.932. The zero-order chi connectivity index (χ0) is 23.8. The zero-order valence-corrected chi connectivity index (χ0v) is 19.9. The monoisotopic (exact) mass is 450 g/mol. The van der Waals surface area contributed by atoms with Crippen LogP contribution in [0.25, 0.3) is 10.9 Å². The van der Waals surface area contributed by atoms with E-state index < -0.39 is 6.23 Å². The smallest absolute Gasteiger partial charge is 0.276 e. The number of benzene rings is 2. The third kappa shape index (κ3) is 5.93. The van der Waals surface area contributed by atoms with E-state index >= 15 is 0 Å². The molecule has 0 aliphatic carbocycles. The average molecular weight is 451 g/mol. The van der Waals surface area contributed by atoms with Gasteiger partial charge in [0.1, 0.15) is 5.75 Å². The van der Waals surface area contributed by atoms with Crippen molar-refractivity contribution in [3.05, 3.63) is 65.4 Å². The molecule has 0 radical (unpaired) electrons. The molecule has 0 aliphatic rings. The SMILES string of the molecule is CCCNC(=O)C(NCCC)Oc1ccc2c(c1)c(C(=O)NCc1ccccc1)c(C)n2C. The molecule has 1 aromatic heterocycles. The molecule has 7 nitrogen and oxygen atoms in total. The number of rotatable bonds is 11. The van der Waals surface area contributed by atoms with Crippen molar-refractivity contribution in [2.75, 3.05) is 13.1 Å². The lowest BCUT2D eigenvalue weighted by atomic mass is 10.1. The molecule has 33 heavy (non-hydrogen) atoms. The molecule has 3 aromatic rings. The van der Waals surface area contributed by atoms with Gasteiger partial charge in [0.2, 0.25) is 6.23 Å². The minimum Gasteiger partial charge on any atom is -0.466 e. The molecule has 7 heteroatoms. The van der Waals surface area contributed by atoms with E-state index in [0.29, 0.717) is 30.9 Å². The molecule has 3 rings (SSSR count). The second kappa shape index (κ2) is 11.5.